The summed E-state index contributed by atoms with van der Waals surface area (Å²) >= 11 is 5.90. The van der Waals surface area contributed by atoms with Gasteiger partial charge in [0, 0.05) is 24.3 Å². The van der Waals surface area contributed by atoms with Crippen molar-refractivity contribution in [1.29, 1.82) is 0 Å². The van der Waals surface area contributed by atoms with Gasteiger partial charge >= 0.3 is 0 Å². The second-order valence-corrected chi connectivity index (χ2v) is 5.25. The number of hydrogen-bond acceptors (Lipinski definition) is 5. The van der Waals surface area contributed by atoms with Crippen LogP contribution >= 0.6 is 11.6 Å². The molecule has 1 aliphatic heterocycles. The number of aromatic nitrogens is 3. The topological polar surface area (TPSA) is 62.7 Å². The van der Waals surface area contributed by atoms with Crippen LogP contribution in [0.3, 0.4) is 0 Å². The maximum atomic E-state index is 5.90. The van der Waals surface area contributed by atoms with Crippen molar-refractivity contribution >= 4 is 17.4 Å². The molecule has 0 bridgehead atoms. The summed E-state index contributed by atoms with van der Waals surface area (Å²) in [4.78, 5) is 13.0. The van der Waals surface area contributed by atoms with Gasteiger partial charge in [-0.3, -0.25) is 0 Å². The van der Waals surface area contributed by atoms with Gasteiger partial charge in [-0.2, -0.15) is 0 Å². The third-order valence-corrected chi connectivity index (χ3v) is 3.57. The van der Waals surface area contributed by atoms with E-state index in [0.29, 0.717) is 17.0 Å². The first-order valence-electron chi connectivity index (χ1n) is 6.66. The number of hydrogen-bond donors (Lipinski definition) is 2. The van der Waals surface area contributed by atoms with E-state index in [4.69, 9.17) is 11.6 Å². The maximum Gasteiger partial charge on any atom is 0.162 e. The van der Waals surface area contributed by atoms with Gasteiger partial charge in [-0.05, 0) is 38.1 Å². The van der Waals surface area contributed by atoms with E-state index >= 15 is 0 Å². The van der Waals surface area contributed by atoms with Gasteiger partial charge in [0.15, 0.2) is 5.82 Å². The molecule has 0 amide bonds. The minimum absolute atomic E-state index is 0.439. The van der Waals surface area contributed by atoms with Crippen molar-refractivity contribution in [2.24, 2.45) is 0 Å². The van der Waals surface area contributed by atoms with Crippen molar-refractivity contribution in [2.45, 2.75) is 19.4 Å². The molecule has 0 aliphatic carbocycles. The standard InChI is InChI=1S/C14H16ClN5/c1-9-11(14-17-7-5-12(15)20-14)2-3-13(18-9)19-10-4-6-16-8-10/h2-3,5,7,10,16H,4,6,8H2,1H3,(H,18,19)/t10-/m0/s1. The van der Waals surface area contributed by atoms with Gasteiger partial charge in [0.1, 0.15) is 11.0 Å². The molecule has 1 fully saturated rings. The Balaban J connectivity index is 1.83. The van der Waals surface area contributed by atoms with Crippen LogP contribution in [0.25, 0.3) is 11.4 Å². The number of halogens is 1. The van der Waals surface area contributed by atoms with E-state index in [0.717, 1.165) is 36.6 Å². The van der Waals surface area contributed by atoms with Gasteiger partial charge < -0.3 is 10.6 Å². The zero-order chi connectivity index (χ0) is 13.9. The molecule has 104 valence electrons. The van der Waals surface area contributed by atoms with Crippen molar-refractivity contribution < 1.29 is 0 Å². The van der Waals surface area contributed by atoms with Crippen molar-refractivity contribution in [3.63, 3.8) is 0 Å². The van der Waals surface area contributed by atoms with Crippen molar-refractivity contribution in [3.05, 3.63) is 35.2 Å². The van der Waals surface area contributed by atoms with E-state index in [1.54, 1.807) is 12.3 Å². The molecule has 1 aliphatic rings. The van der Waals surface area contributed by atoms with Crippen molar-refractivity contribution in [2.75, 3.05) is 18.4 Å². The molecular weight excluding hydrogens is 274 g/mol. The molecule has 3 heterocycles. The molecule has 0 radical (unpaired) electrons. The second kappa shape index (κ2) is 5.73. The molecule has 6 heteroatoms. The Bertz CT molecular complexity index is 610. The van der Waals surface area contributed by atoms with Gasteiger partial charge in [-0.25, -0.2) is 15.0 Å². The molecule has 3 rings (SSSR count). The predicted octanol–water partition coefficient (Wildman–Crippen LogP) is 2.27. The first kappa shape index (κ1) is 13.3. The Labute approximate surface area is 122 Å². The summed E-state index contributed by atoms with van der Waals surface area (Å²) < 4.78 is 0. The minimum atomic E-state index is 0.439. The molecule has 2 aromatic heterocycles. The van der Waals surface area contributed by atoms with Gasteiger partial charge in [0.2, 0.25) is 0 Å². The number of rotatable bonds is 3. The Hall–Kier alpha value is -1.72. The molecule has 5 nitrogen and oxygen atoms in total. The first-order chi connectivity index (χ1) is 9.72. The zero-order valence-corrected chi connectivity index (χ0v) is 12.0. The highest BCUT2D eigenvalue weighted by molar-refractivity contribution is 6.29. The lowest BCUT2D eigenvalue weighted by Crippen LogP contribution is -2.22. The van der Waals surface area contributed by atoms with E-state index < -0.39 is 0 Å². The largest absolute Gasteiger partial charge is 0.366 e. The molecule has 1 atom stereocenters. The second-order valence-electron chi connectivity index (χ2n) is 4.87. The number of pyridine rings is 1. The van der Waals surface area contributed by atoms with E-state index in [2.05, 4.69) is 25.6 Å². The first-order valence-corrected chi connectivity index (χ1v) is 7.04. The lowest BCUT2D eigenvalue weighted by Gasteiger charge is -2.13. The van der Waals surface area contributed by atoms with E-state index in [1.165, 1.54) is 0 Å². The van der Waals surface area contributed by atoms with Gasteiger partial charge in [-0.1, -0.05) is 11.6 Å². The summed E-state index contributed by atoms with van der Waals surface area (Å²) in [7, 11) is 0. The van der Waals surface area contributed by atoms with Crippen LogP contribution < -0.4 is 10.6 Å². The smallest absolute Gasteiger partial charge is 0.162 e. The van der Waals surface area contributed by atoms with Crippen LogP contribution in [0, 0.1) is 6.92 Å². The van der Waals surface area contributed by atoms with Crippen LogP contribution in [-0.4, -0.2) is 34.1 Å². The monoisotopic (exact) mass is 289 g/mol. The number of aryl methyl sites for hydroxylation is 1. The van der Waals surface area contributed by atoms with Gasteiger partial charge in [0.05, 0.1) is 5.69 Å². The number of nitrogens with zero attached hydrogens (tertiary/aromatic N) is 3. The lowest BCUT2D eigenvalue weighted by atomic mass is 10.2. The Morgan fingerprint density at radius 1 is 1.30 bits per heavy atom. The Morgan fingerprint density at radius 3 is 2.90 bits per heavy atom. The van der Waals surface area contributed by atoms with Crippen LogP contribution in [0.1, 0.15) is 12.1 Å². The third kappa shape index (κ3) is 2.89. The van der Waals surface area contributed by atoms with Crippen molar-refractivity contribution in [1.82, 2.24) is 20.3 Å². The van der Waals surface area contributed by atoms with Crippen LogP contribution in [0.5, 0.6) is 0 Å². The molecule has 1 saturated heterocycles. The fourth-order valence-corrected chi connectivity index (χ4v) is 2.47. The SMILES string of the molecule is Cc1nc(N[C@H]2CCNC2)ccc1-c1nccc(Cl)n1. The fraction of sp³-hybridized carbons (Fsp3) is 0.357. The van der Waals surface area contributed by atoms with Crippen LogP contribution in [-0.2, 0) is 0 Å². The van der Waals surface area contributed by atoms with Crippen molar-refractivity contribution in [3.8, 4) is 11.4 Å². The highest BCUT2D eigenvalue weighted by Gasteiger charge is 2.15. The number of anilines is 1. The van der Waals surface area contributed by atoms with Gasteiger partial charge in [-0.15, -0.1) is 0 Å². The third-order valence-electron chi connectivity index (χ3n) is 3.36. The van der Waals surface area contributed by atoms with E-state index in [9.17, 15) is 0 Å². The molecule has 2 N–H and O–H groups in total. The molecule has 0 unspecified atom stereocenters. The molecule has 0 saturated carbocycles. The quantitative estimate of drug-likeness (QED) is 0.849. The molecule has 2 aromatic rings. The summed E-state index contributed by atoms with van der Waals surface area (Å²) in [6.45, 7) is 4.00. The average molecular weight is 290 g/mol. The zero-order valence-electron chi connectivity index (χ0n) is 11.2. The van der Waals surface area contributed by atoms with E-state index in [1.807, 2.05) is 19.1 Å². The minimum Gasteiger partial charge on any atom is -0.366 e. The summed E-state index contributed by atoms with van der Waals surface area (Å²) in [6, 6.07) is 6.07. The van der Waals surface area contributed by atoms with Crippen LogP contribution in [0.15, 0.2) is 24.4 Å². The highest BCUT2D eigenvalue weighted by Crippen LogP contribution is 2.21. The normalized spacial score (nSPS) is 18.2. The number of nitrogens with one attached hydrogen (secondary N) is 2. The van der Waals surface area contributed by atoms with E-state index in [-0.39, 0.29) is 0 Å². The fourth-order valence-electron chi connectivity index (χ4n) is 2.33. The van der Waals surface area contributed by atoms with Crippen LogP contribution in [0.2, 0.25) is 5.15 Å². The lowest BCUT2D eigenvalue weighted by molar-refractivity contribution is 0.787. The Kier molecular flexibility index (Phi) is 3.80. The summed E-state index contributed by atoms with van der Waals surface area (Å²) in [5, 5.41) is 7.20. The van der Waals surface area contributed by atoms with Gasteiger partial charge in [0.25, 0.3) is 0 Å². The van der Waals surface area contributed by atoms with Crippen LogP contribution in [0.4, 0.5) is 5.82 Å². The molecular formula is C14H16ClN5. The average Bonchev–Trinajstić information content (AvgIpc) is 2.92. The predicted molar refractivity (Wildman–Crippen MR) is 79.9 cm³/mol. The highest BCUT2D eigenvalue weighted by atomic mass is 35.5. The molecule has 0 spiro atoms. The summed E-state index contributed by atoms with van der Waals surface area (Å²) in [5.74, 6) is 1.50. The molecule has 0 aromatic carbocycles. The Morgan fingerprint density at radius 2 is 2.20 bits per heavy atom. The maximum absolute atomic E-state index is 5.90. The summed E-state index contributed by atoms with van der Waals surface area (Å²) in [5.41, 5.74) is 1.80. The summed E-state index contributed by atoms with van der Waals surface area (Å²) in [6.07, 6.45) is 2.78. The molecule has 20 heavy (non-hydrogen) atoms.